The highest BCUT2D eigenvalue weighted by Crippen LogP contribution is 2.27. The van der Waals surface area contributed by atoms with Crippen molar-refractivity contribution in [1.82, 2.24) is 4.31 Å². The summed E-state index contributed by atoms with van der Waals surface area (Å²) in [4.78, 5) is 0.363. The largest absolute Gasteiger partial charge is 0.329 e. The first-order chi connectivity index (χ1) is 10.1. The molecule has 1 saturated heterocycles. The summed E-state index contributed by atoms with van der Waals surface area (Å²) in [6.07, 6.45) is 2.80. The van der Waals surface area contributed by atoms with E-state index < -0.39 is 10.0 Å². The van der Waals surface area contributed by atoms with Crippen LogP contribution < -0.4 is 5.73 Å². The Morgan fingerprint density at radius 3 is 2.62 bits per heavy atom. The maximum absolute atomic E-state index is 12.9. The summed E-state index contributed by atoms with van der Waals surface area (Å²) in [6.45, 7) is 0.948. The molecule has 2 aromatic rings. The average molecular weight is 304 g/mol. The van der Waals surface area contributed by atoms with Crippen LogP contribution >= 0.6 is 0 Å². The van der Waals surface area contributed by atoms with Crippen LogP contribution in [0.4, 0.5) is 0 Å². The van der Waals surface area contributed by atoms with Crippen LogP contribution in [0.3, 0.4) is 0 Å². The summed E-state index contributed by atoms with van der Waals surface area (Å²) in [5, 5.41) is 1.99. The number of fused-ring (bicyclic) bond motifs is 1. The Kier molecular flexibility index (Phi) is 3.97. The van der Waals surface area contributed by atoms with Crippen LogP contribution in [-0.4, -0.2) is 31.9 Å². The highest BCUT2D eigenvalue weighted by atomic mass is 32.2. The van der Waals surface area contributed by atoms with E-state index in [1.54, 1.807) is 16.4 Å². The Bertz CT molecular complexity index is 743. The van der Waals surface area contributed by atoms with Crippen molar-refractivity contribution >= 4 is 20.8 Å². The standard InChI is InChI=1S/C16H20N2O2S/c17-12-15-7-3-4-10-18(15)21(19,20)16-9-8-13-5-1-2-6-14(13)11-16/h1-2,5-6,8-9,11,15H,3-4,7,10,12,17H2. The summed E-state index contributed by atoms with van der Waals surface area (Å²) in [5.41, 5.74) is 5.75. The van der Waals surface area contributed by atoms with Crippen molar-refractivity contribution in [2.75, 3.05) is 13.1 Å². The Balaban J connectivity index is 2.02. The molecule has 5 heteroatoms. The number of nitrogens with two attached hydrogens (primary N) is 1. The first kappa shape index (κ1) is 14.5. The molecular formula is C16H20N2O2S. The number of benzene rings is 2. The van der Waals surface area contributed by atoms with Gasteiger partial charge in [-0.25, -0.2) is 8.42 Å². The van der Waals surface area contributed by atoms with Crippen molar-refractivity contribution in [1.29, 1.82) is 0 Å². The van der Waals surface area contributed by atoms with Crippen LogP contribution in [0.25, 0.3) is 10.8 Å². The second-order valence-electron chi connectivity index (χ2n) is 5.51. The van der Waals surface area contributed by atoms with E-state index in [1.807, 2.05) is 30.3 Å². The first-order valence-corrected chi connectivity index (χ1v) is 8.77. The SMILES string of the molecule is NCC1CCCCN1S(=O)(=O)c1ccc2ccccc2c1. The molecule has 21 heavy (non-hydrogen) atoms. The van der Waals surface area contributed by atoms with E-state index in [-0.39, 0.29) is 6.04 Å². The molecule has 1 unspecified atom stereocenters. The van der Waals surface area contributed by atoms with Gasteiger partial charge in [0.2, 0.25) is 10.0 Å². The molecule has 112 valence electrons. The predicted octanol–water partition coefficient (Wildman–Crippen LogP) is 2.34. The van der Waals surface area contributed by atoms with Gasteiger partial charge < -0.3 is 5.73 Å². The number of hydrogen-bond donors (Lipinski definition) is 1. The Hall–Kier alpha value is -1.43. The lowest BCUT2D eigenvalue weighted by Crippen LogP contribution is -2.47. The van der Waals surface area contributed by atoms with Gasteiger partial charge in [-0.05, 0) is 35.7 Å². The summed E-state index contributed by atoms with van der Waals surface area (Å²) in [6, 6.07) is 13.0. The zero-order valence-corrected chi connectivity index (χ0v) is 12.7. The van der Waals surface area contributed by atoms with Crippen molar-refractivity contribution in [3.8, 4) is 0 Å². The maximum atomic E-state index is 12.9. The number of nitrogens with zero attached hydrogens (tertiary/aromatic N) is 1. The smallest absolute Gasteiger partial charge is 0.243 e. The van der Waals surface area contributed by atoms with Crippen LogP contribution in [-0.2, 0) is 10.0 Å². The molecule has 1 atom stereocenters. The van der Waals surface area contributed by atoms with Crippen molar-refractivity contribution in [2.24, 2.45) is 5.73 Å². The highest BCUT2D eigenvalue weighted by molar-refractivity contribution is 7.89. The molecule has 0 bridgehead atoms. The average Bonchev–Trinajstić information content (AvgIpc) is 2.54. The van der Waals surface area contributed by atoms with E-state index in [9.17, 15) is 8.42 Å². The van der Waals surface area contributed by atoms with Gasteiger partial charge in [0.05, 0.1) is 4.90 Å². The van der Waals surface area contributed by atoms with Gasteiger partial charge in [-0.2, -0.15) is 4.31 Å². The fourth-order valence-electron chi connectivity index (χ4n) is 2.99. The monoisotopic (exact) mass is 304 g/mol. The molecule has 0 amide bonds. The van der Waals surface area contributed by atoms with Crippen LogP contribution in [0, 0.1) is 0 Å². The maximum Gasteiger partial charge on any atom is 0.243 e. The summed E-state index contributed by atoms with van der Waals surface area (Å²) in [5.74, 6) is 0. The van der Waals surface area contributed by atoms with Crippen molar-refractivity contribution in [3.05, 3.63) is 42.5 Å². The van der Waals surface area contributed by atoms with Gasteiger partial charge in [0.1, 0.15) is 0 Å². The van der Waals surface area contributed by atoms with Gasteiger partial charge >= 0.3 is 0 Å². The normalized spacial score (nSPS) is 20.7. The third kappa shape index (κ3) is 2.69. The van der Waals surface area contributed by atoms with Crippen LogP contribution in [0.2, 0.25) is 0 Å². The Morgan fingerprint density at radius 1 is 1.10 bits per heavy atom. The van der Waals surface area contributed by atoms with Crippen molar-refractivity contribution in [3.63, 3.8) is 0 Å². The van der Waals surface area contributed by atoms with E-state index in [0.717, 1.165) is 30.0 Å². The lowest BCUT2D eigenvalue weighted by atomic mass is 10.1. The van der Waals surface area contributed by atoms with Gasteiger partial charge in [-0.1, -0.05) is 36.8 Å². The van der Waals surface area contributed by atoms with Crippen molar-refractivity contribution in [2.45, 2.75) is 30.2 Å². The van der Waals surface area contributed by atoms with Crippen LogP contribution in [0.5, 0.6) is 0 Å². The molecule has 3 rings (SSSR count). The van der Waals surface area contributed by atoms with E-state index in [2.05, 4.69) is 0 Å². The molecule has 1 fully saturated rings. The van der Waals surface area contributed by atoms with E-state index in [0.29, 0.717) is 18.0 Å². The summed E-state index contributed by atoms with van der Waals surface area (Å²) >= 11 is 0. The number of piperidine rings is 1. The second-order valence-corrected chi connectivity index (χ2v) is 7.40. The fourth-order valence-corrected chi connectivity index (χ4v) is 4.73. The summed E-state index contributed by atoms with van der Waals surface area (Å²) in [7, 11) is -3.46. The second kappa shape index (κ2) is 5.75. The quantitative estimate of drug-likeness (QED) is 0.946. The molecular weight excluding hydrogens is 284 g/mol. The van der Waals surface area contributed by atoms with Crippen molar-refractivity contribution < 1.29 is 8.42 Å². The zero-order valence-electron chi connectivity index (χ0n) is 11.9. The minimum absolute atomic E-state index is 0.0739. The zero-order chi connectivity index (χ0) is 14.9. The third-order valence-electron chi connectivity index (χ3n) is 4.17. The molecule has 4 nitrogen and oxygen atoms in total. The number of hydrogen-bond acceptors (Lipinski definition) is 3. The lowest BCUT2D eigenvalue weighted by Gasteiger charge is -2.33. The molecule has 0 spiro atoms. The predicted molar refractivity (Wildman–Crippen MR) is 84.5 cm³/mol. The number of sulfonamides is 1. The molecule has 1 aliphatic heterocycles. The van der Waals surface area contributed by atoms with Gasteiger partial charge in [0.25, 0.3) is 0 Å². The summed E-state index contributed by atoms with van der Waals surface area (Å²) < 4.78 is 27.3. The molecule has 0 radical (unpaired) electrons. The molecule has 2 aromatic carbocycles. The first-order valence-electron chi connectivity index (χ1n) is 7.33. The topological polar surface area (TPSA) is 63.4 Å². The minimum atomic E-state index is -3.46. The molecule has 0 saturated carbocycles. The highest BCUT2D eigenvalue weighted by Gasteiger charge is 2.32. The Morgan fingerprint density at radius 2 is 1.86 bits per heavy atom. The third-order valence-corrected chi connectivity index (χ3v) is 6.12. The van der Waals surface area contributed by atoms with Gasteiger partial charge in [0.15, 0.2) is 0 Å². The van der Waals surface area contributed by atoms with Crippen LogP contribution in [0.1, 0.15) is 19.3 Å². The van der Waals surface area contributed by atoms with E-state index >= 15 is 0 Å². The molecule has 1 aliphatic rings. The fraction of sp³-hybridized carbons (Fsp3) is 0.375. The minimum Gasteiger partial charge on any atom is -0.329 e. The van der Waals surface area contributed by atoms with E-state index in [4.69, 9.17) is 5.73 Å². The molecule has 1 heterocycles. The Labute approximate surface area is 125 Å². The van der Waals surface area contributed by atoms with E-state index in [1.165, 1.54) is 0 Å². The molecule has 0 aromatic heterocycles. The van der Waals surface area contributed by atoms with Crippen LogP contribution in [0.15, 0.2) is 47.4 Å². The lowest BCUT2D eigenvalue weighted by molar-refractivity contribution is 0.257. The number of rotatable bonds is 3. The van der Waals surface area contributed by atoms with Gasteiger partial charge in [-0.3, -0.25) is 0 Å². The van der Waals surface area contributed by atoms with Gasteiger partial charge in [-0.15, -0.1) is 0 Å². The molecule has 2 N–H and O–H groups in total. The van der Waals surface area contributed by atoms with Gasteiger partial charge in [0, 0.05) is 19.1 Å². The molecule has 0 aliphatic carbocycles.